The fourth-order valence-corrected chi connectivity index (χ4v) is 17.5. The van der Waals surface area contributed by atoms with Crippen LogP contribution >= 0.6 is 0 Å². The molecule has 4 aromatic carbocycles. The van der Waals surface area contributed by atoms with Crippen molar-refractivity contribution in [3.05, 3.63) is 168 Å². The Kier molecular flexibility index (Phi) is 15.2. The third kappa shape index (κ3) is 9.30. The van der Waals surface area contributed by atoms with E-state index in [0.29, 0.717) is 46.6 Å². The van der Waals surface area contributed by atoms with E-state index in [1.165, 1.54) is 60.6 Å². The number of hydrogen-bond acceptors (Lipinski definition) is 11. The molecule has 5 bridgehead atoms. The second-order valence-corrected chi connectivity index (χ2v) is 25.3. The van der Waals surface area contributed by atoms with Crippen molar-refractivity contribution >= 4 is 22.9 Å². The monoisotopic (exact) mass is 1110 g/mol. The van der Waals surface area contributed by atoms with Gasteiger partial charge in [0.15, 0.2) is 17.8 Å². The van der Waals surface area contributed by atoms with Gasteiger partial charge in [0.1, 0.15) is 11.3 Å². The van der Waals surface area contributed by atoms with E-state index in [0.717, 1.165) is 68.9 Å². The molecule has 82 heavy (non-hydrogen) atoms. The summed E-state index contributed by atoms with van der Waals surface area (Å²) in [5.74, 6) is 5.78. The van der Waals surface area contributed by atoms with E-state index < -0.39 is 53.8 Å². The van der Waals surface area contributed by atoms with Crippen LogP contribution in [0.15, 0.2) is 111 Å². The molecular formula is C71H78O11. The minimum atomic E-state index is -1.39. The van der Waals surface area contributed by atoms with Crippen molar-refractivity contribution in [1.82, 2.24) is 0 Å². The van der Waals surface area contributed by atoms with E-state index in [4.69, 9.17) is 23.4 Å². The summed E-state index contributed by atoms with van der Waals surface area (Å²) in [5.41, 5.74) is 8.49. The van der Waals surface area contributed by atoms with Gasteiger partial charge in [-0.25, -0.2) is 9.59 Å². The first-order valence-corrected chi connectivity index (χ1v) is 30.8. The predicted octanol–water partition coefficient (Wildman–Crippen LogP) is 12.0. The zero-order chi connectivity index (χ0) is 56.3. The Bertz CT molecular complexity index is 3480. The van der Waals surface area contributed by atoms with E-state index >= 15 is 9.59 Å². The average molecular weight is 1110 g/mol. The third-order valence-electron chi connectivity index (χ3n) is 21.3. The number of aryl methyl sites for hydroxylation is 2. The number of esters is 2. The molecule has 13 rings (SSSR count). The molecule has 3 aliphatic heterocycles. The maximum atomic E-state index is 15.9. The molecule has 8 aliphatic rings. The number of hydrogen-bond donors (Lipinski definition) is 3. The summed E-state index contributed by atoms with van der Waals surface area (Å²) >= 11 is 0. The SMILES string of the molecule is COC[C@@H](CCO)c1c(CO)c2ccc3c(c2oc1=O)[C@H]1OC(=O)C[C@@H]2C[C@H](c4cccc([C@@]56CCCC[C@@H]5CCc5ccccc56)c4)CC[C@H]2c2ccc4cc2CC#C[C@@H]2C=C[C@@H]5CCCC[C@@H]5[C@]2(O3)[C@@H]1OC(=O)/C(=C(/C)CO)CC4. The maximum Gasteiger partial charge on any atom is 0.340 e. The maximum absolute atomic E-state index is 15.9. The van der Waals surface area contributed by atoms with Gasteiger partial charge in [-0.2, -0.15) is 0 Å². The van der Waals surface area contributed by atoms with Crippen molar-refractivity contribution in [2.75, 3.05) is 26.9 Å². The van der Waals surface area contributed by atoms with Crippen LogP contribution in [-0.4, -0.2) is 65.9 Å². The van der Waals surface area contributed by atoms with Crippen LogP contribution in [0, 0.1) is 41.4 Å². The van der Waals surface area contributed by atoms with Crippen LogP contribution in [0.4, 0.5) is 0 Å². The topological polar surface area (TPSA) is 162 Å². The number of rotatable bonds is 9. The molecule has 0 amide bonds. The first-order valence-electron chi connectivity index (χ1n) is 30.8. The van der Waals surface area contributed by atoms with Gasteiger partial charge in [0, 0.05) is 60.3 Å². The van der Waals surface area contributed by atoms with Crippen LogP contribution < -0.4 is 10.4 Å². The molecule has 428 valence electrons. The Morgan fingerprint density at radius 2 is 1.71 bits per heavy atom. The van der Waals surface area contributed by atoms with E-state index in [9.17, 15) is 20.1 Å². The molecule has 3 saturated carbocycles. The second kappa shape index (κ2) is 22.7. The number of fused-ring (bicyclic) bond motifs is 12. The molecule has 0 unspecified atom stereocenters. The number of aliphatic hydroxyl groups excluding tert-OH is 3. The first kappa shape index (κ1) is 54.9. The summed E-state index contributed by atoms with van der Waals surface area (Å²) < 4.78 is 33.9. The molecule has 1 spiro atoms. The second-order valence-electron chi connectivity index (χ2n) is 25.3. The number of methoxy groups -OCH3 is 1. The van der Waals surface area contributed by atoms with Crippen molar-refractivity contribution in [3.8, 4) is 17.6 Å². The summed E-state index contributed by atoms with van der Waals surface area (Å²) in [6.07, 6.45) is 16.4. The highest BCUT2D eigenvalue weighted by atomic mass is 16.6. The summed E-state index contributed by atoms with van der Waals surface area (Å²) in [6.45, 7) is 0.706. The molecule has 12 atom stereocenters. The van der Waals surface area contributed by atoms with Crippen molar-refractivity contribution < 1.29 is 48.3 Å². The molecule has 3 fully saturated rings. The molecule has 3 N–H and O–H groups in total. The molecular weight excluding hydrogens is 1030 g/mol. The fourth-order valence-electron chi connectivity index (χ4n) is 17.5. The number of ether oxygens (including phenoxy) is 4. The van der Waals surface area contributed by atoms with Crippen molar-refractivity contribution in [1.29, 1.82) is 0 Å². The number of benzene rings is 4. The predicted molar refractivity (Wildman–Crippen MR) is 312 cm³/mol. The summed E-state index contributed by atoms with van der Waals surface area (Å²) in [7, 11) is 1.52. The van der Waals surface area contributed by atoms with Crippen LogP contribution in [0.25, 0.3) is 11.0 Å². The summed E-state index contributed by atoms with van der Waals surface area (Å²) in [5, 5.41) is 32.6. The Hall–Kier alpha value is -6.29. The van der Waals surface area contributed by atoms with Crippen LogP contribution in [0.3, 0.4) is 0 Å². The lowest BCUT2D eigenvalue weighted by molar-refractivity contribution is -0.214. The smallest absolute Gasteiger partial charge is 0.340 e. The number of allylic oxidation sites excluding steroid dienone is 1. The van der Waals surface area contributed by atoms with Gasteiger partial charge in [0.25, 0.3) is 0 Å². The van der Waals surface area contributed by atoms with Crippen molar-refractivity contribution in [2.24, 2.45) is 29.6 Å². The third-order valence-corrected chi connectivity index (χ3v) is 21.3. The number of carbonyl (C=O) groups is 2. The average Bonchev–Trinajstić information content (AvgIpc) is 2.10. The Balaban J connectivity index is 0.994. The van der Waals surface area contributed by atoms with E-state index in [1.807, 2.05) is 0 Å². The highest BCUT2D eigenvalue weighted by Crippen LogP contribution is 2.59. The van der Waals surface area contributed by atoms with Crippen LogP contribution in [0.2, 0.25) is 0 Å². The van der Waals surface area contributed by atoms with Gasteiger partial charge >= 0.3 is 17.6 Å². The molecule has 0 saturated heterocycles. The highest BCUT2D eigenvalue weighted by Gasteiger charge is 2.65. The largest absolute Gasteiger partial charge is 0.481 e. The lowest BCUT2D eigenvalue weighted by Crippen LogP contribution is -2.66. The van der Waals surface area contributed by atoms with Gasteiger partial charge in [-0.05, 0) is 176 Å². The lowest BCUT2D eigenvalue weighted by atomic mass is 9.54. The zero-order valence-corrected chi connectivity index (χ0v) is 47.6. The van der Waals surface area contributed by atoms with Crippen LogP contribution in [-0.2, 0) is 55.1 Å². The molecule has 11 heteroatoms. The van der Waals surface area contributed by atoms with Crippen LogP contribution in [0.5, 0.6) is 5.75 Å². The van der Waals surface area contributed by atoms with Crippen LogP contribution in [0.1, 0.15) is 183 Å². The quantitative estimate of drug-likeness (QED) is 0.0423. The normalized spacial score (nSPS) is 31.1. The zero-order valence-electron chi connectivity index (χ0n) is 47.6. The minimum Gasteiger partial charge on any atom is -0.481 e. The summed E-state index contributed by atoms with van der Waals surface area (Å²) in [4.78, 5) is 46.0. The Morgan fingerprint density at radius 1 is 0.841 bits per heavy atom. The standard InChI is InChI=1S/C71H78O11/c1-42(39-73)54-27-20-43-21-28-55-48(35-43)14-10-16-52-26-23-45-12-4-6-19-60(45)71(52)67(81-68(54)76)66(64-61(82-71)31-30-57-58(40-74)63(69(77)80-65(57)64)49(32-34-72)41-78-2)79-62(75)38-50-36-47(24-29-56(50)55)46-13-9-17-53(37-46)70-33-8-7-15-51(70)25-22-44-11-3-5-18-59(44)70/h3,5,9,11,13,17-18,21,23,26,28,30-31,35,37,45,47,49-52,56,60,66-67,72-74H,4,6-8,12,14-15,19-20,22,24-25,27,29,32-34,36,38-41H2,1-2H3/b54-42-/t45-,47+,49+,50-,51+,52+,56+,60-,66+,67+,70+,71-/m0/s1. The van der Waals surface area contributed by atoms with E-state index in [1.54, 1.807) is 19.1 Å². The molecule has 1 aromatic heterocycles. The fraction of sp³-hybridized carbons (Fsp3) is 0.507. The Morgan fingerprint density at radius 3 is 2.56 bits per heavy atom. The summed E-state index contributed by atoms with van der Waals surface area (Å²) in [6, 6.07) is 28.9. The Labute approximate surface area is 481 Å². The highest BCUT2D eigenvalue weighted by molar-refractivity contribution is 5.90. The van der Waals surface area contributed by atoms with Gasteiger partial charge in [-0.3, -0.25) is 4.79 Å². The van der Waals surface area contributed by atoms with Gasteiger partial charge in [-0.15, -0.1) is 0 Å². The molecule has 5 aromatic rings. The number of carbonyl (C=O) groups excluding carboxylic acids is 2. The van der Waals surface area contributed by atoms with Gasteiger partial charge in [0.05, 0.1) is 31.3 Å². The van der Waals surface area contributed by atoms with Gasteiger partial charge in [0.2, 0.25) is 0 Å². The van der Waals surface area contributed by atoms with E-state index in [2.05, 4.69) is 90.7 Å². The van der Waals surface area contributed by atoms with Crippen molar-refractivity contribution in [2.45, 2.75) is 170 Å². The number of aliphatic hydroxyl groups is 3. The first-order chi connectivity index (χ1) is 40.1. The van der Waals surface area contributed by atoms with E-state index in [-0.39, 0.29) is 90.8 Å². The molecule has 5 aliphatic carbocycles. The lowest BCUT2D eigenvalue weighted by Gasteiger charge is -2.56. The van der Waals surface area contributed by atoms with Crippen molar-refractivity contribution in [3.63, 3.8) is 0 Å². The molecule has 4 heterocycles. The molecule has 0 radical (unpaired) electrons. The van der Waals surface area contributed by atoms with Gasteiger partial charge < -0.3 is 38.7 Å². The van der Waals surface area contributed by atoms with Gasteiger partial charge in [-0.1, -0.05) is 116 Å². The minimum absolute atomic E-state index is 0.00271. The molecule has 11 nitrogen and oxygen atoms in total.